The number of primary amides is 1. The number of aromatic nitrogens is 9. The van der Waals surface area contributed by atoms with Gasteiger partial charge in [0.25, 0.3) is 20.2 Å². The minimum atomic E-state index is -5.23. The van der Waals surface area contributed by atoms with E-state index in [1.165, 1.54) is 30.3 Å². The van der Waals surface area contributed by atoms with Crippen molar-refractivity contribution in [3.05, 3.63) is 102 Å². The van der Waals surface area contributed by atoms with Gasteiger partial charge >= 0.3 is 38.8 Å². The molecule has 550 valence electrons. The number of nitrogens with zero attached hydrogens (tertiary/aromatic N) is 11. The number of carboxylic acid groups (broad SMARTS) is 2. The summed E-state index contributed by atoms with van der Waals surface area (Å²) >= 11 is 14.0. The molecule has 0 bridgehead atoms. The van der Waals surface area contributed by atoms with E-state index >= 15 is 0 Å². The number of urea groups is 1. The maximum Gasteiger partial charge on any atom is 0.397 e. The second kappa shape index (κ2) is 33.7. The summed E-state index contributed by atoms with van der Waals surface area (Å²) < 4.78 is 195. The highest BCUT2D eigenvalue weighted by Crippen LogP contribution is 2.39. The van der Waals surface area contributed by atoms with Gasteiger partial charge in [-0.15, -0.1) is 14.6 Å². The van der Waals surface area contributed by atoms with Crippen molar-refractivity contribution >= 4 is 212 Å². The SMILES string of the molecule is NC(=O)Nc1cc(Nc2nc(SCC(Nc3nc(Cl)nc(Nc4ccc(S(=O)(=O)CCOS(=O)(=O)O)cc4)n3)C(=O)O)nc(SCC(Nc3nc(Cl)nc(Nc4ccc(S(=O)(=O)CCOS(=O)(=O)O)cc4)n3)C(=O)O)n2)ccc1/N=N/c1cc2c(S(=O)(=O)O)cc(SOOO)cc2cc1S(=O)(=O)O. The van der Waals surface area contributed by atoms with Crippen molar-refractivity contribution in [2.75, 3.05) is 68.1 Å². The van der Waals surface area contributed by atoms with Crippen molar-refractivity contribution < 1.29 is 116 Å². The molecule has 2 unspecified atom stereocenters. The van der Waals surface area contributed by atoms with Crippen LogP contribution in [0.5, 0.6) is 0 Å². The first kappa shape index (κ1) is 79.9. The van der Waals surface area contributed by atoms with E-state index in [0.29, 0.717) is 23.5 Å². The third-order valence-corrected chi connectivity index (χ3v) is 21.2. The third kappa shape index (κ3) is 24.1. The number of aliphatic carboxylic acids is 2. The topological polar surface area (TPSA) is 674 Å². The largest absolute Gasteiger partial charge is 0.480 e. The highest BCUT2D eigenvalue weighted by Gasteiger charge is 2.27. The molecule has 0 fully saturated rings. The number of carboxylic acids is 2. The van der Waals surface area contributed by atoms with Crippen LogP contribution in [0, 0.1) is 0 Å². The molecule has 44 nitrogen and oxygen atoms in total. The van der Waals surface area contributed by atoms with Crippen molar-refractivity contribution in [1.82, 2.24) is 44.9 Å². The van der Waals surface area contributed by atoms with Crippen LogP contribution >= 0.6 is 58.8 Å². The molecule has 0 spiro atoms. The van der Waals surface area contributed by atoms with Crippen LogP contribution in [0.25, 0.3) is 10.8 Å². The number of nitrogens with one attached hydrogen (secondary N) is 6. The molecular formula is C48H44Cl2N18O26S9. The summed E-state index contributed by atoms with van der Waals surface area (Å²) in [4.78, 5) is 72.8. The Labute approximate surface area is 601 Å². The number of hydrogen-bond acceptors (Lipinski definition) is 39. The number of azo groups is 1. The molecule has 15 N–H and O–H groups in total. The summed E-state index contributed by atoms with van der Waals surface area (Å²) in [6, 6.07) is 12.2. The summed E-state index contributed by atoms with van der Waals surface area (Å²) in [5, 5.41) is 54.5. The van der Waals surface area contributed by atoms with Crippen LogP contribution in [0.4, 0.5) is 68.7 Å². The Hall–Kier alpha value is -8.83. The predicted octanol–water partition coefficient (Wildman–Crippen LogP) is 5.26. The molecule has 8 aromatic rings. The van der Waals surface area contributed by atoms with E-state index < -0.39 is 165 Å². The Morgan fingerprint density at radius 1 is 0.524 bits per heavy atom. The molecule has 55 heteroatoms. The van der Waals surface area contributed by atoms with Crippen LogP contribution in [0.2, 0.25) is 10.6 Å². The maximum absolute atomic E-state index is 12.8. The van der Waals surface area contributed by atoms with Gasteiger partial charge in [0, 0.05) is 38.8 Å². The van der Waals surface area contributed by atoms with Gasteiger partial charge in [0.1, 0.15) is 33.2 Å². The Morgan fingerprint density at radius 3 is 1.40 bits per heavy atom. The Bertz CT molecular complexity index is 5120. The molecule has 2 amide bonds. The van der Waals surface area contributed by atoms with Gasteiger partial charge in [0.15, 0.2) is 30.0 Å². The third-order valence-electron chi connectivity index (χ3n) is 12.3. The second-order valence-corrected chi connectivity index (χ2v) is 32.1. The molecule has 3 heterocycles. The molecule has 0 radical (unpaired) electrons. The number of halogens is 2. The second-order valence-electron chi connectivity index (χ2n) is 19.5. The fourth-order valence-corrected chi connectivity index (χ4v) is 15.0. The number of carbonyl (C=O) groups is 3. The van der Waals surface area contributed by atoms with Crippen LogP contribution in [-0.4, -0.2) is 195 Å². The van der Waals surface area contributed by atoms with Gasteiger partial charge in [0.05, 0.1) is 52.2 Å². The van der Waals surface area contributed by atoms with Crippen LogP contribution < -0.4 is 37.6 Å². The Morgan fingerprint density at radius 2 is 0.961 bits per heavy atom. The first-order chi connectivity index (χ1) is 48.2. The molecule has 0 aliphatic heterocycles. The maximum atomic E-state index is 12.8. The lowest BCUT2D eigenvalue weighted by molar-refractivity contribution is -0.432. The fraction of sp³-hybridized carbons (Fsp3) is 0.167. The van der Waals surface area contributed by atoms with Gasteiger partial charge in [-0.05, 0) is 120 Å². The summed E-state index contributed by atoms with van der Waals surface area (Å²) in [5.41, 5.74) is 4.47. The first-order valence-electron chi connectivity index (χ1n) is 27.1. The molecule has 0 aliphatic rings. The molecular weight excluding hydrogens is 1600 g/mol. The standard InChI is InChI=1S/C48H44Cl2N18O26S9/c49-39-58-42(52-23-1-6-27(7-2-23)98(75,76)13-11-91-102(85,86)87)62-45(60-39)56-33(37(69)70)20-95-47-64-44(65-48(66-47)96-21-34(38(71)72)57-46-61-40(50)59-43(63-46)53-24-3-8-28(9-4-24)99(77,78)14-12-92-103(88,89)90)54-25-5-10-30(31(17-25)55-41(51)73)67-68-32-19-29-22(16-36(32)101(82,83)84)15-26(97-94-93-74)18-35(29)100(79,80)81/h1-10,15-19,33-34,74H,11-14,20-21H2,(H,69,70)(H,71,72)(H3,51,55,73)(H,79,80,81)(H,82,83,84)(H,85,86,87)(H,88,89,90)(H,54,64,65,66)(H2,52,56,58,60,62)(H2,53,57,59,61,63)/b68-67+. The van der Waals surface area contributed by atoms with Crippen molar-refractivity contribution in [3.8, 4) is 0 Å². The van der Waals surface area contributed by atoms with Crippen LogP contribution in [0.15, 0.2) is 136 Å². The first-order valence-corrected chi connectivity index (χ1v) is 39.4. The zero-order chi connectivity index (χ0) is 75.4. The number of sulfone groups is 2. The molecule has 2 atom stereocenters. The number of amides is 2. The Balaban J connectivity index is 1.07. The van der Waals surface area contributed by atoms with Crippen molar-refractivity contribution in [2.24, 2.45) is 16.0 Å². The van der Waals surface area contributed by atoms with Crippen molar-refractivity contribution in [2.45, 2.75) is 46.9 Å². The summed E-state index contributed by atoms with van der Waals surface area (Å²) in [5.74, 6) is -7.45. The molecule has 0 saturated heterocycles. The highest BCUT2D eigenvalue weighted by atomic mass is 35.5. The van der Waals surface area contributed by atoms with Gasteiger partial charge < -0.3 is 47.8 Å². The number of fused-ring (bicyclic) bond motifs is 1. The van der Waals surface area contributed by atoms with E-state index in [-0.39, 0.29) is 94.1 Å². The van der Waals surface area contributed by atoms with E-state index in [0.717, 1.165) is 60.7 Å². The monoisotopic (exact) mass is 1650 g/mol. The summed E-state index contributed by atoms with van der Waals surface area (Å²) in [6.45, 7) is -1.78. The number of hydrogen-bond donors (Lipinski definition) is 14. The van der Waals surface area contributed by atoms with Gasteiger partial charge in [-0.3, -0.25) is 18.2 Å². The van der Waals surface area contributed by atoms with Gasteiger partial charge in [-0.25, -0.2) is 44.8 Å². The minimum Gasteiger partial charge on any atom is -0.480 e. The number of thioether (sulfide) groups is 2. The zero-order valence-corrected chi connectivity index (χ0v) is 59.2. The van der Waals surface area contributed by atoms with E-state index in [9.17, 15) is 84.2 Å². The molecule has 3 aromatic heterocycles. The quantitative estimate of drug-likeness (QED) is 0.00594. The average Bonchev–Trinajstić information content (AvgIpc) is 0.759. The zero-order valence-electron chi connectivity index (χ0n) is 50.4. The molecule has 0 aliphatic carbocycles. The number of benzene rings is 5. The molecule has 5 aromatic carbocycles. The van der Waals surface area contributed by atoms with E-state index in [2.05, 4.69) is 105 Å². The highest BCUT2D eigenvalue weighted by molar-refractivity contribution is 8.00. The van der Waals surface area contributed by atoms with Gasteiger partial charge in [-0.2, -0.15) is 78.5 Å². The lowest BCUT2D eigenvalue weighted by atomic mass is 10.1. The molecule has 0 saturated carbocycles. The normalized spacial score (nSPS) is 12.9. The van der Waals surface area contributed by atoms with Crippen LogP contribution in [0.3, 0.4) is 0 Å². The summed E-state index contributed by atoms with van der Waals surface area (Å²) in [7, 11) is -28.4. The minimum absolute atomic E-state index is 0.0238. The number of anilines is 9. The van der Waals surface area contributed by atoms with Gasteiger partial charge in [0.2, 0.25) is 40.3 Å². The van der Waals surface area contributed by atoms with Crippen molar-refractivity contribution in [3.63, 3.8) is 0 Å². The fourth-order valence-electron chi connectivity index (χ4n) is 8.01. The molecule has 8 rings (SSSR count). The predicted molar refractivity (Wildman–Crippen MR) is 361 cm³/mol. The average molecular weight is 1650 g/mol. The number of nitrogens with two attached hydrogens (primary N) is 1. The van der Waals surface area contributed by atoms with E-state index in [4.69, 9.17) is 43.3 Å². The van der Waals surface area contributed by atoms with E-state index in [1.54, 1.807) is 0 Å². The van der Waals surface area contributed by atoms with E-state index in [1.807, 2.05) is 0 Å². The number of rotatable bonds is 36. The van der Waals surface area contributed by atoms with Crippen LogP contribution in [-0.2, 0) is 88.0 Å². The van der Waals surface area contributed by atoms with Gasteiger partial charge in [-0.1, -0.05) is 28.6 Å². The lowest BCUT2D eigenvalue weighted by Gasteiger charge is -2.16. The lowest BCUT2D eigenvalue weighted by Crippen LogP contribution is -2.33. The summed E-state index contributed by atoms with van der Waals surface area (Å²) in [6.07, 6.45) is 0. The van der Waals surface area contributed by atoms with Crippen LogP contribution in [0.1, 0.15) is 0 Å². The molecule has 103 heavy (non-hydrogen) atoms. The smallest absolute Gasteiger partial charge is 0.397 e. The number of carbonyl (C=O) groups excluding carboxylic acids is 1. The Kier molecular flexibility index (Phi) is 26.2. The van der Waals surface area contributed by atoms with Crippen molar-refractivity contribution in [1.29, 1.82) is 0 Å².